The number of likely N-dealkylation sites (tertiary alicyclic amines) is 1. The highest BCUT2D eigenvalue weighted by atomic mass is 35.5. The Bertz CT molecular complexity index is 1380. The number of nitrogens with one attached hydrogen (secondary N) is 1. The minimum absolute atomic E-state index is 0.00764. The van der Waals surface area contributed by atoms with Crippen LogP contribution in [0.1, 0.15) is 20.3 Å². The van der Waals surface area contributed by atoms with Crippen LogP contribution in [0, 0.1) is 17.4 Å². The van der Waals surface area contributed by atoms with Crippen molar-refractivity contribution in [3.8, 4) is 29.0 Å². The molecule has 0 aliphatic carbocycles. The molecule has 0 unspecified atom stereocenters. The zero-order valence-electron chi connectivity index (χ0n) is 20.9. The number of anilines is 1. The summed E-state index contributed by atoms with van der Waals surface area (Å²) in [5.41, 5.74) is 1.46. The summed E-state index contributed by atoms with van der Waals surface area (Å²) in [4.78, 5) is 32.2. The predicted octanol–water partition coefficient (Wildman–Crippen LogP) is 3.03. The first kappa shape index (κ1) is 26.0. The molecular formula is C26H28ClN7O3. The molecule has 3 heterocycles. The Balaban J connectivity index is 1.70. The summed E-state index contributed by atoms with van der Waals surface area (Å²) in [6.07, 6.45) is 5.23. The minimum atomic E-state index is -0.532. The van der Waals surface area contributed by atoms with Crippen LogP contribution in [0.2, 0.25) is 5.02 Å². The van der Waals surface area contributed by atoms with Crippen LogP contribution in [-0.2, 0) is 16.1 Å². The molecule has 0 spiro atoms. The number of amides is 2. The third-order valence-electron chi connectivity index (χ3n) is 6.11. The smallest absolute Gasteiger partial charge is 0.259 e. The Morgan fingerprint density at radius 1 is 1.38 bits per heavy atom. The summed E-state index contributed by atoms with van der Waals surface area (Å²) < 4.78 is 7.01. The van der Waals surface area contributed by atoms with Crippen molar-refractivity contribution >= 4 is 35.3 Å². The van der Waals surface area contributed by atoms with Gasteiger partial charge in [-0.25, -0.2) is 15.8 Å². The van der Waals surface area contributed by atoms with Gasteiger partial charge >= 0.3 is 0 Å². The van der Waals surface area contributed by atoms with Crippen molar-refractivity contribution in [3.05, 3.63) is 53.5 Å². The number of aliphatic imine (C=N–C) groups is 1. The molecule has 0 atom stereocenters. The van der Waals surface area contributed by atoms with Crippen molar-refractivity contribution < 1.29 is 14.3 Å². The molecule has 11 heteroatoms. The minimum Gasteiger partial charge on any atom is -0.496 e. The van der Waals surface area contributed by atoms with E-state index in [1.54, 1.807) is 24.4 Å². The molecule has 10 nitrogen and oxygen atoms in total. The summed E-state index contributed by atoms with van der Waals surface area (Å²) >= 11 is 6.27. The molecule has 192 valence electrons. The van der Waals surface area contributed by atoms with Crippen LogP contribution >= 0.6 is 11.6 Å². The molecular weight excluding hydrogens is 494 g/mol. The van der Waals surface area contributed by atoms with Crippen LogP contribution < -0.4 is 15.9 Å². The van der Waals surface area contributed by atoms with E-state index in [9.17, 15) is 9.59 Å². The maximum atomic E-state index is 13.3. The van der Waals surface area contributed by atoms with Crippen LogP contribution in [0.25, 0.3) is 11.3 Å². The summed E-state index contributed by atoms with van der Waals surface area (Å²) in [7, 11) is 1.53. The maximum Gasteiger partial charge on any atom is 0.259 e. The largest absolute Gasteiger partial charge is 0.496 e. The summed E-state index contributed by atoms with van der Waals surface area (Å²) in [5.74, 6) is 8.54. The number of carbonyl (C=O) groups excluding carboxylic acids is 2. The number of rotatable bonds is 7. The number of hydrogen-bond donors (Lipinski definition) is 2. The lowest BCUT2D eigenvalue weighted by Gasteiger charge is -2.19. The molecule has 1 saturated heterocycles. The molecule has 4 rings (SSSR count). The van der Waals surface area contributed by atoms with Crippen LogP contribution in [0.5, 0.6) is 5.75 Å². The number of hydrazine groups is 1. The van der Waals surface area contributed by atoms with Crippen molar-refractivity contribution in [2.45, 2.75) is 26.8 Å². The molecule has 2 amide bonds. The van der Waals surface area contributed by atoms with Crippen molar-refractivity contribution in [1.82, 2.24) is 19.7 Å². The number of nitrogens with two attached hydrogens (primary N) is 1. The Kier molecular flexibility index (Phi) is 7.38. The van der Waals surface area contributed by atoms with E-state index in [2.05, 4.69) is 47.8 Å². The van der Waals surface area contributed by atoms with Gasteiger partial charge in [0.25, 0.3) is 5.91 Å². The molecule has 1 fully saturated rings. The molecule has 0 bridgehead atoms. The molecule has 1 aromatic heterocycles. The van der Waals surface area contributed by atoms with Gasteiger partial charge in [0, 0.05) is 35.9 Å². The van der Waals surface area contributed by atoms with E-state index in [1.165, 1.54) is 24.1 Å². The third kappa shape index (κ3) is 5.69. The zero-order chi connectivity index (χ0) is 26.7. The third-order valence-corrected chi connectivity index (χ3v) is 6.34. The van der Waals surface area contributed by atoms with Crippen molar-refractivity contribution in [3.63, 3.8) is 0 Å². The lowest BCUT2D eigenvalue weighted by atomic mass is 9.93. The highest BCUT2D eigenvalue weighted by molar-refractivity contribution is 6.31. The number of hydrogen-bond acceptors (Lipinski definition) is 7. The Morgan fingerprint density at radius 3 is 2.81 bits per heavy atom. The fraction of sp³-hybridized carbons (Fsp3) is 0.308. The lowest BCUT2D eigenvalue weighted by Crippen LogP contribution is -2.33. The van der Waals surface area contributed by atoms with E-state index in [4.69, 9.17) is 22.2 Å². The lowest BCUT2D eigenvalue weighted by molar-refractivity contribution is -0.131. The van der Waals surface area contributed by atoms with Crippen LogP contribution in [0.4, 0.5) is 5.69 Å². The number of halogens is 1. The highest BCUT2D eigenvalue weighted by Gasteiger charge is 2.32. The maximum absolute atomic E-state index is 13.3. The zero-order valence-corrected chi connectivity index (χ0v) is 21.7. The molecule has 37 heavy (non-hydrogen) atoms. The van der Waals surface area contributed by atoms with Crippen molar-refractivity contribution in [2.24, 2.45) is 16.3 Å². The monoisotopic (exact) mass is 521 g/mol. The molecule has 3 N–H and O–H groups in total. The van der Waals surface area contributed by atoms with Crippen LogP contribution in [0.15, 0.2) is 53.4 Å². The second-order valence-corrected chi connectivity index (χ2v) is 9.88. The summed E-state index contributed by atoms with van der Waals surface area (Å²) in [6, 6.07) is 7.70. The van der Waals surface area contributed by atoms with Crippen molar-refractivity contribution in [2.75, 3.05) is 25.5 Å². The van der Waals surface area contributed by atoms with E-state index < -0.39 is 5.91 Å². The normalized spacial score (nSPS) is 17.2. The van der Waals surface area contributed by atoms with Gasteiger partial charge < -0.3 is 15.0 Å². The first-order valence-corrected chi connectivity index (χ1v) is 12.0. The Morgan fingerprint density at radius 2 is 2.16 bits per heavy atom. The van der Waals surface area contributed by atoms with Gasteiger partial charge in [-0.15, -0.1) is 0 Å². The van der Waals surface area contributed by atoms with Gasteiger partial charge in [-0.2, -0.15) is 5.10 Å². The van der Waals surface area contributed by atoms with Gasteiger partial charge in [0.1, 0.15) is 18.0 Å². The Hall–Kier alpha value is -4.07. The predicted molar refractivity (Wildman–Crippen MR) is 142 cm³/mol. The molecule has 2 aromatic rings. The SMILES string of the molecule is C=C/C(C(=O)Nc1cn(CC(=O)N2CCC(C)(C)C2)nc1-c1cc(Cl)ccc1OC)=C1/N=CC#CN1N. The summed E-state index contributed by atoms with van der Waals surface area (Å²) in [5, 5.41) is 8.99. The second-order valence-electron chi connectivity index (χ2n) is 9.44. The molecule has 0 saturated carbocycles. The van der Waals surface area contributed by atoms with Gasteiger partial charge in [-0.1, -0.05) is 38.1 Å². The van der Waals surface area contributed by atoms with E-state index in [0.717, 1.165) is 11.4 Å². The summed E-state index contributed by atoms with van der Waals surface area (Å²) in [6.45, 7) is 9.39. The number of benzene rings is 1. The number of nitrogens with zero attached hydrogens (tertiary/aromatic N) is 5. The first-order valence-electron chi connectivity index (χ1n) is 11.6. The average Bonchev–Trinajstić information content (AvgIpc) is 3.42. The fourth-order valence-electron chi connectivity index (χ4n) is 4.20. The van der Waals surface area contributed by atoms with Gasteiger partial charge in [0.15, 0.2) is 5.82 Å². The number of methoxy groups -OCH3 is 1. The molecule has 2 aliphatic rings. The molecule has 2 aliphatic heterocycles. The van der Waals surface area contributed by atoms with Gasteiger partial charge in [0.05, 0.1) is 24.6 Å². The standard InChI is InChI=1S/C26H28ClN7O3/c1-5-18(24-29-10-6-11-34(24)28)25(36)30-20-14-33(15-22(35)32-12-9-26(2,3)16-32)31-23(20)19-13-17(27)7-8-21(19)37-4/h5,7-8,10,13-14H,1,9,12,15-16,28H2,2-4H3,(H,30,36)/b24-18+. The van der Waals surface area contributed by atoms with Gasteiger partial charge in [0.2, 0.25) is 5.91 Å². The first-order chi connectivity index (χ1) is 17.6. The van der Waals surface area contributed by atoms with Gasteiger partial charge in [-0.05, 0) is 36.0 Å². The van der Waals surface area contributed by atoms with Crippen molar-refractivity contribution in [1.29, 1.82) is 0 Å². The topological polar surface area (TPSA) is 118 Å². The fourth-order valence-corrected chi connectivity index (χ4v) is 4.38. The van der Waals surface area contributed by atoms with E-state index >= 15 is 0 Å². The molecule has 1 aromatic carbocycles. The van der Waals surface area contributed by atoms with Crippen LogP contribution in [-0.4, -0.2) is 57.9 Å². The van der Waals surface area contributed by atoms with Crippen LogP contribution in [0.3, 0.4) is 0 Å². The van der Waals surface area contributed by atoms with E-state index in [0.29, 0.717) is 40.8 Å². The number of ether oxygens (including phenoxy) is 1. The Labute approximate surface area is 220 Å². The number of carbonyl (C=O) groups is 2. The van der Waals surface area contributed by atoms with E-state index in [-0.39, 0.29) is 29.3 Å². The molecule has 0 radical (unpaired) electrons. The van der Waals surface area contributed by atoms with Gasteiger partial charge in [-0.3, -0.25) is 14.3 Å². The van der Waals surface area contributed by atoms with E-state index in [1.807, 2.05) is 4.90 Å². The highest BCUT2D eigenvalue weighted by Crippen LogP contribution is 2.36. The second kappa shape index (κ2) is 10.5. The number of aromatic nitrogens is 2. The average molecular weight is 522 g/mol. The quantitative estimate of drug-likeness (QED) is 0.328.